The van der Waals surface area contributed by atoms with Crippen molar-refractivity contribution in [3.05, 3.63) is 0 Å². The highest BCUT2D eigenvalue weighted by atomic mass is 16.2. The Hall–Kier alpha value is -0.570. The van der Waals surface area contributed by atoms with Gasteiger partial charge < -0.3 is 10.2 Å². The standard InChI is InChI=1S/C14H26N2O/c1-15-6-3-7-16(2)14(17)10-13-9-11-4-5-12(13)8-11/h11-13,15H,3-10H2,1-2H3. The lowest BCUT2D eigenvalue weighted by molar-refractivity contribution is -0.131. The van der Waals surface area contributed by atoms with E-state index >= 15 is 0 Å². The van der Waals surface area contributed by atoms with Crippen LogP contribution in [0.25, 0.3) is 0 Å². The molecule has 2 bridgehead atoms. The number of hydrogen-bond acceptors (Lipinski definition) is 2. The van der Waals surface area contributed by atoms with Gasteiger partial charge in [-0.25, -0.2) is 0 Å². The van der Waals surface area contributed by atoms with E-state index in [1.807, 2.05) is 19.0 Å². The number of fused-ring (bicyclic) bond motifs is 2. The fourth-order valence-electron chi connectivity index (χ4n) is 3.62. The van der Waals surface area contributed by atoms with Crippen LogP contribution >= 0.6 is 0 Å². The molecule has 3 nitrogen and oxygen atoms in total. The molecule has 2 aliphatic rings. The Morgan fingerprint density at radius 3 is 2.76 bits per heavy atom. The summed E-state index contributed by atoms with van der Waals surface area (Å²) in [5, 5.41) is 3.12. The van der Waals surface area contributed by atoms with E-state index in [1.165, 1.54) is 25.7 Å². The van der Waals surface area contributed by atoms with Gasteiger partial charge in [-0.1, -0.05) is 6.42 Å². The molecule has 3 atom stereocenters. The summed E-state index contributed by atoms with van der Waals surface area (Å²) in [7, 11) is 3.91. The molecule has 2 aliphatic carbocycles. The molecule has 1 N–H and O–H groups in total. The van der Waals surface area contributed by atoms with E-state index in [-0.39, 0.29) is 0 Å². The molecule has 0 spiro atoms. The molecular formula is C14H26N2O. The molecule has 0 aromatic heterocycles. The zero-order valence-electron chi connectivity index (χ0n) is 11.2. The number of carbonyl (C=O) groups excluding carboxylic acids is 1. The molecule has 0 heterocycles. The fourth-order valence-corrected chi connectivity index (χ4v) is 3.62. The van der Waals surface area contributed by atoms with Crippen molar-refractivity contribution in [3.63, 3.8) is 0 Å². The second-order valence-corrected chi connectivity index (χ2v) is 5.91. The van der Waals surface area contributed by atoms with Gasteiger partial charge in [0.2, 0.25) is 5.91 Å². The maximum atomic E-state index is 12.1. The third kappa shape index (κ3) is 3.21. The van der Waals surface area contributed by atoms with Crippen molar-refractivity contribution in [2.45, 2.75) is 38.5 Å². The van der Waals surface area contributed by atoms with Crippen molar-refractivity contribution < 1.29 is 4.79 Å². The fraction of sp³-hybridized carbons (Fsp3) is 0.929. The molecule has 1 amide bonds. The second-order valence-electron chi connectivity index (χ2n) is 5.91. The number of nitrogens with zero attached hydrogens (tertiary/aromatic N) is 1. The lowest BCUT2D eigenvalue weighted by Crippen LogP contribution is -2.31. The highest BCUT2D eigenvalue weighted by molar-refractivity contribution is 5.76. The molecule has 98 valence electrons. The smallest absolute Gasteiger partial charge is 0.222 e. The minimum Gasteiger partial charge on any atom is -0.346 e. The van der Waals surface area contributed by atoms with Crippen LogP contribution < -0.4 is 5.32 Å². The summed E-state index contributed by atoms with van der Waals surface area (Å²) < 4.78 is 0. The van der Waals surface area contributed by atoms with Crippen LogP contribution in [0.2, 0.25) is 0 Å². The monoisotopic (exact) mass is 238 g/mol. The number of rotatable bonds is 6. The Kier molecular flexibility index (Phi) is 4.43. The van der Waals surface area contributed by atoms with Gasteiger partial charge in [0.05, 0.1) is 0 Å². The Labute approximate surface area is 105 Å². The first kappa shape index (κ1) is 12.9. The summed E-state index contributed by atoms with van der Waals surface area (Å²) >= 11 is 0. The Bertz CT molecular complexity index is 267. The number of nitrogens with one attached hydrogen (secondary N) is 1. The van der Waals surface area contributed by atoms with Crippen LogP contribution in [0.3, 0.4) is 0 Å². The minimum absolute atomic E-state index is 0.360. The van der Waals surface area contributed by atoms with Crippen molar-refractivity contribution >= 4 is 5.91 Å². The van der Waals surface area contributed by atoms with E-state index in [0.717, 1.165) is 37.8 Å². The zero-order valence-corrected chi connectivity index (χ0v) is 11.2. The first-order valence-corrected chi connectivity index (χ1v) is 7.09. The van der Waals surface area contributed by atoms with Gasteiger partial charge in [0, 0.05) is 20.0 Å². The largest absolute Gasteiger partial charge is 0.346 e. The van der Waals surface area contributed by atoms with Gasteiger partial charge in [-0.05, 0) is 57.0 Å². The van der Waals surface area contributed by atoms with Crippen LogP contribution in [0.4, 0.5) is 0 Å². The van der Waals surface area contributed by atoms with Gasteiger partial charge in [-0.15, -0.1) is 0 Å². The summed E-state index contributed by atoms with van der Waals surface area (Å²) in [4.78, 5) is 14.0. The zero-order chi connectivity index (χ0) is 12.3. The molecule has 17 heavy (non-hydrogen) atoms. The maximum Gasteiger partial charge on any atom is 0.222 e. The topological polar surface area (TPSA) is 32.3 Å². The van der Waals surface area contributed by atoms with Gasteiger partial charge in [0.1, 0.15) is 0 Å². The van der Waals surface area contributed by atoms with E-state index in [1.54, 1.807) is 0 Å². The third-order valence-electron chi connectivity index (χ3n) is 4.67. The second kappa shape index (κ2) is 5.85. The molecule has 2 saturated carbocycles. The van der Waals surface area contributed by atoms with Gasteiger partial charge in [-0.3, -0.25) is 4.79 Å². The minimum atomic E-state index is 0.360. The Morgan fingerprint density at radius 2 is 2.18 bits per heavy atom. The lowest BCUT2D eigenvalue weighted by atomic mass is 9.86. The molecule has 2 rings (SSSR count). The first-order chi connectivity index (χ1) is 8.20. The van der Waals surface area contributed by atoms with Crippen LogP contribution in [-0.4, -0.2) is 38.0 Å². The van der Waals surface area contributed by atoms with Crippen molar-refractivity contribution in [1.82, 2.24) is 10.2 Å². The molecule has 2 fully saturated rings. The quantitative estimate of drug-likeness (QED) is 0.717. The van der Waals surface area contributed by atoms with Crippen molar-refractivity contribution in [3.8, 4) is 0 Å². The first-order valence-electron chi connectivity index (χ1n) is 7.09. The van der Waals surface area contributed by atoms with Crippen LogP contribution in [0.15, 0.2) is 0 Å². The Balaban J connectivity index is 1.69. The van der Waals surface area contributed by atoms with Crippen LogP contribution in [-0.2, 0) is 4.79 Å². The summed E-state index contributed by atoms with van der Waals surface area (Å²) in [6.07, 6.45) is 7.38. The molecule has 0 aromatic rings. The van der Waals surface area contributed by atoms with E-state index in [0.29, 0.717) is 11.8 Å². The van der Waals surface area contributed by atoms with Gasteiger partial charge in [-0.2, -0.15) is 0 Å². The van der Waals surface area contributed by atoms with E-state index in [4.69, 9.17) is 0 Å². The molecule has 0 radical (unpaired) electrons. The number of hydrogen-bond donors (Lipinski definition) is 1. The Morgan fingerprint density at radius 1 is 1.35 bits per heavy atom. The summed E-state index contributed by atoms with van der Waals surface area (Å²) in [5.74, 6) is 2.88. The molecule has 3 heteroatoms. The summed E-state index contributed by atoms with van der Waals surface area (Å²) in [5.41, 5.74) is 0. The maximum absolute atomic E-state index is 12.1. The predicted molar refractivity (Wildman–Crippen MR) is 69.7 cm³/mol. The van der Waals surface area contributed by atoms with Crippen LogP contribution in [0.1, 0.15) is 38.5 Å². The van der Waals surface area contributed by atoms with E-state index in [2.05, 4.69) is 5.32 Å². The number of amides is 1. The van der Waals surface area contributed by atoms with Gasteiger partial charge in [0.15, 0.2) is 0 Å². The highest BCUT2D eigenvalue weighted by Crippen LogP contribution is 2.49. The van der Waals surface area contributed by atoms with Crippen molar-refractivity contribution in [1.29, 1.82) is 0 Å². The molecular weight excluding hydrogens is 212 g/mol. The van der Waals surface area contributed by atoms with E-state index < -0.39 is 0 Å². The summed E-state index contributed by atoms with van der Waals surface area (Å²) in [6, 6.07) is 0. The van der Waals surface area contributed by atoms with Crippen molar-refractivity contribution in [2.75, 3.05) is 27.2 Å². The average molecular weight is 238 g/mol. The van der Waals surface area contributed by atoms with Crippen LogP contribution in [0.5, 0.6) is 0 Å². The molecule has 0 aromatic carbocycles. The molecule has 3 unspecified atom stereocenters. The molecule has 0 saturated heterocycles. The third-order valence-corrected chi connectivity index (χ3v) is 4.67. The van der Waals surface area contributed by atoms with Crippen LogP contribution in [0, 0.1) is 17.8 Å². The number of carbonyl (C=O) groups is 1. The predicted octanol–water partition coefficient (Wildman–Crippen LogP) is 1.88. The normalized spacial score (nSPS) is 30.8. The SMILES string of the molecule is CNCCCN(C)C(=O)CC1CC2CCC1C2. The van der Waals surface area contributed by atoms with Gasteiger partial charge in [0.25, 0.3) is 0 Å². The summed E-state index contributed by atoms with van der Waals surface area (Å²) in [6.45, 7) is 1.88. The molecule has 0 aliphatic heterocycles. The van der Waals surface area contributed by atoms with E-state index in [9.17, 15) is 4.79 Å². The highest BCUT2D eigenvalue weighted by Gasteiger charge is 2.40. The lowest BCUT2D eigenvalue weighted by Gasteiger charge is -2.24. The van der Waals surface area contributed by atoms with Crippen molar-refractivity contribution in [2.24, 2.45) is 17.8 Å². The average Bonchev–Trinajstić information content (AvgIpc) is 2.91. The van der Waals surface area contributed by atoms with Gasteiger partial charge >= 0.3 is 0 Å².